The Hall–Kier alpha value is -2.68. The fourth-order valence-corrected chi connectivity index (χ4v) is 2.28. The number of aromatic nitrogens is 4. The zero-order chi connectivity index (χ0) is 15.7. The van der Waals surface area contributed by atoms with Crippen molar-refractivity contribution in [2.45, 2.75) is 0 Å². The first-order valence-electron chi connectivity index (χ1n) is 6.21. The monoisotopic (exact) mass is 320 g/mol. The van der Waals surface area contributed by atoms with Gasteiger partial charge in [-0.1, -0.05) is 0 Å². The maximum absolute atomic E-state index is 11.2. The average Bonchev–Trinajstić information content (AvgIpc) is 2.89. The van der Waals surface area contributed by atoms with Crippen LogP contribution in [0.4, 0.5) is 0 Å². The molecule has 3 rings (SSSR count). The largest absolute Gasteiger partial charge is 0.481 e. The maximum Gasteiger partial charge on any atom is 0.350 e. The van der Waals surface area contributed by atoms with Gasteiger partial charge in [0, 0.05) is 17.8 Å². The summed E-state index contributed by atoms with van der Waals surface area (Å²) in [6.07, 6.45) is 4.05. The van der Waals surface area contributed by atoms with Crippen molar-refractivity contribution in [3.05, 3.63) is 36.7 Å². The van der Waals surface area contributed by atoms with Gasteiger partial charge in [0.2, 0.25) is 5.88 Å². The van der Waals surface area contributed by atoms with E-state index in [1.54, 1.807) is 12.3 Å². The third kappa shape index (κ3) is 2.84. The topological polar surface area (TPSA) is 95.7 Å². The molecule has 0 spiro atoms. The SMILES string of the molecule is COc1ccc(-c2ccc3cnc(OS(C)(=O)=O)nn23)cn1. The van der Waals surface area contributed by atoms with E-state index in [9.17, 15) is 8.42 Å². The standard InChI is InChI=1S/C13H12N4O4S/c1-20-12-6-3-9(7-14-12)11-5-4-10-8-15-13(16-17(10)11)21-22(2,18)19/h3-8H,1-2H3. The van der Waals surface area contributed by atoms with E-state index in [2.05, 4.69) is 15.1 Å². The van der Waals surface area contributed by atoms with Crippen molar-refractivity contribution in [1.82, 2.24) is 19.6 Å². The lowest BCUT2D eigenvalue weighted by Crippen LogP contribution is -2.10. The first kappa shape index (κ1) is 14.3. The highest BCUT2D eigenvalue weighted by Gasteiger charge is 2.12. The number of hydrogen-bond acceptors (Lipinski definition) is 7. The number of methoxy groups -OCH3 is 1. The zero-order valence-corrected chi connectivity index (χ0v) is 12.6. The van der Waals surface area contributed by atoms with Crippen molar-refractivity contribution in [2.75, 3.05) is 13.4 Å². The summed E-state index contributed by atoms with van der Waals surface area (Å²) in [6.45, 7) is 0. The summed E-state index contributed by atoms with van der Waals surface area (Å²) in [5, 5.41) is 4.08. The summed E-state index contributed by atoms with van der Waals surface area (Å²) in [5.41, 5.74) is 2.22. The molecule has 9 heteroatoms. The lowest BCUT2D eigenvalue weighted by Gasteiger charge is -2.05. The van der Waals surface area contributed by atoms with E-state index in [-0.39, 0.29) is 6.01 Å². The second-order valence-corrected chi connectivity index (χ2v) is 6.05. The fourth-order valence-electron chi connectivity index (χ4n) is 1.93. The maximum atomic E-state index is 11.2. The van der Waals surface area contributed by atoms with Crippen LogP contribution in [0.25, 0.3) is 16.8 Å². The minimum atomic E-state index is -3.68. The van der Waals surface area contributed by atoms with Crippen molar-refractivity contribution in [2.24, 2.45) is 0 Å². The molecule has 0 saturated heterocycles. The van der Waals surface area contributed by atoms with Crippen LogP contribution in [0, 0.1) is 0 Å². The summed E-state index contributed by atoms with van der Waals surface area (Å²) in [7, 11) is -2.14. The van der Waals surface area contributed by atoms with Crippen molar-refractivity contribution in [3.63, 3.8) is 0 Å². The predicted octanol–water partition coefficient (Wildman–Crippen LogP) is 1.14. The van der Waals surface area contributed by atoms with E-state index in [1.807, 2.05) is 18.2 Å². The van der Waals surface area contributed by atoms with E-state index < -0.39 is 10.1 Å². The molecule has 0 radical (unpaired) electrons. The quantitative estimate of drug-likeness (QED) is 0.665. The Balaban J connectivity index is 2.07. The third-order valence-electron chi connectivity index (χ3n) is 2.84. The molecule has 3 aromatic rings. The smallest absolute Gasteiger partial charge is 0.350 e. The molecule has 0 saturated carbocycles. The van der Waals surface area contributed by atoms with E-state index in [0.29, 0.717) is 11.4 Å². The normalized spacial score (nSPS) is 11.5. The number of fused-ring (bicyclic) bond motifs is 1. The molecule has 0 bridgehead atoms. The third-order valence-corrected chi connectivity index (χ3v) is 3.30. The van der Waals surface area contributed by atoms with Crippen LogP contribution >= 0.6 is 0 Å². The van der Waals surface area contributed by atoms with Crippen LogP contribution in [0.3, 0.4) is 0 Å². The highest BCUT2D eigenvalue weighted by molar-refractivity contribution is 7.86. The number of pyridine rings is 1. The van der Waals surface area contributed by atoms with Crippen LogP contribution in [-0.2, 0) is 10.1 Å². The van der Waals surface area contributed by atoms with Gasteiger partial charge in [-0.05, 0) is 18.2 Å². The number of nitrogens with zero attached hydrogens (tertiary/aromatic N) is 4. The summed E-state index contributed by atoms with van der Waals surface area (Å²) in [4.78, 5) is 7.99. The molecule has 0 amide bonds. The fraction of sp³-hybridized carbons (Fsp3) is 0.154. The summed E-state index contributed by atoms with van der Waals surface area (Å²) in [5.74, 6) is 0.500. The van der Waals surface area contributed by atoms with Crippen molar-refractivity contribution >= 4 is 15.6 Å². The molecular formula is C13H12N4O4S. The molecule has 0 unspecified atom stereocenters. The van der Waals surface area contributed by atoms with Gasteiger partial charge in [-0.3, -0.25) is 0 Å². The van der Waals surface area contributed by atoms with Crippen molar-refractivity contribution < 1.29 is 17.3 Å². The lowest BCUT2D eigenvalue weighted by atomic mass is 10.2. The minimum Gasteiger partial charge on any atom is -0.481 e. The van der Waals surface area contributed by atoms with Crippen LogP contribution < -0.4 is 8.92 Å². The molecule has 8 nitrogen and oxygen atoms in total. The number of hydrogen-bond donors (Lipinski definition) is 0. The number of rotatable bonds is 4. The minimum absolute atomic E-state index is 0.242. The molecule has 0 aliphatic heterocycles. The predicted molar refractivity (Wildman–Crippen MR) is 78.2 cm³/mol. The molecular weight excluding hydrogens is 308 g/mol. The summed E-state index contributed by atoms with van der Waals surface area (Å²) in [6, 6.07) is 6.95. The molecule has 3 aromatic heterocycles. The van der Waals surface area contributed by atoms with E-state index >= 15 is 0 Å². The molecule has 22 heavy (non-hydrogen) atoms. The van der Waals surface area contributed by atoms with Gasteiger partial charge in [0.25, 0.3) is 0 Å². The van der Waals surface area contributed by atoms with Gasteiger partial charge < -0.3 is 8.92 Å². The van der Waals surface area contributed by atoms with Crippen LogP contribution in [0.15, 0.2) is 36.7 Å². The molecule has 0 aromatic carbocycles. The van der Waals surface area contributed by atoms with Crippen molar-refractivity contribution in [3.8, 4) is 23.1 Å². The molecule has 0 N–H and O–H groups in total. The molecule has 0 atom stereocenters. The van der Waals surface area contributed by atoms with Gasteiger partial charge in [0.1, 0.15) is 0 Å². The number of ether oxygens (including phenoxy) is 1. The lowest BCUT2D eigenvalue weighted by molar-refractivity contribution is 0.398. The van der Waals surface area contributed by atoms with Gasteiger partial charge in [0.05, 0.1) is 30.8 Å². The highest BCUT2D eigenvalue weighted by atomic mass is 32.2. The Bertz CT molecular complexity index is 919. The Morgan fingerprint density at radius 1 is 1.09 bits per heavy atom. The highest BCUT2D eigenvalue weighted by Crippen LogP contribution is 2.23. The Morgan fingerprint density at radius 2 is 1.91 bits per heavy atom. The Morgan fingerprint density at radius 3 is 2.55 bits per heavy atom. The second kappa shape index (κ2) is 5.26. The summed E-state index contributed by atoms with van der Waals surface area (Å²) >= 11 is 0. The van der Waals surface area contributed by atoms with Crippen LogP contribution in [0.5, 0.6) is 11.9 Å². The average molecular weight is 320 g/mol. The van der Waals surface area contributed by atoms with Crippen LogP contribution in [0.2, 0.25) is 0 Å². The van der Waals surface area contributed by atoms with Gasteiger partial charge >= 0.3 is 16.1 Å². The van der Waals surface area contributed by atoms with E-state index in [4.69, 9.17) is 8.92 Å². The van der Waals surface area contributed by atoms with Gasteiger partial charge in [-0.15, -0.1) is 5.10 Å². The van der Waals surface area contributed by atoms with Crippen LogP contribution in [0.1, 0.15) is 0 Å². The van der Waals surface area contributed by atoms with Crippen LogP contribution in [-0.4, -0.2) is 41.4 Å². The molecule has 3 heterocycles. The van der Waals surface area contributed by atoms with E-state index in [1.165, 1.54) is 17.8 Å². The first-order chi connectivity index (χ1) is 10.5. The molecule has 0 fully saturated rings. The van der Waals surface area contributed by atoms with Gasteiger partial charge in [-0.2, -0.15) is 13.4 Å². The summed E-state index contributed by atoms with van der Waals surface area (Å²) < 4.78 is 33.6. The zero-order valence-electron chi connectivity index (χ0n) is 11.8. The molecule has 0 aliphatic carbocycles. The van der Waals surface area contributed by atoms with E-state index in [0.717, 1.165) is 17.5 Å². The van der Waals surface area contributed by atoms with Crippen molar-refractivity contribution in [1.29, 1.82) is 0 Å². The van der Waals surface area contributed by atoms with Gasteiger partial charge in [0.15, 0.2) is 0 Å². The van der Waals surface area contributed by atoms with Gasteiger partial charge in [-0.25, -0.2) is 9.50 Å². The molecule has 0 aliphatic rings. The second-order valence-electron chi connectivity index (χ2n) is 4.47. The first-order valence-corrected chi connectivity index (χ1v) is 8.02. The molecule has 114 valence electrons. The Labute approximate surface area is 126 Å². The Kier molecular flexibility index (Phi) is 3.41.